The number of amides is 1. The topological polar surface area (TPSA) is 111 Å². The summed E-state index contributed by atoms with van der Waals surface area (Å²) < 4.78 is 0. The van der Waals surface area contributed by atoms with Crippen molar-refractivity contribution >= 4 is 40.9 Å². The van der Waals surface area contributed by atoms with E-state index in [2.05, 4.69) is 80.4 Å². The molecule has 0 aliphatic carbocycles. The van der Waals surface area contributed by atoms with Crippen molar-refractivity contribution in [1.82, 2.24) is 20.2 Å². The number of benzene rings is 2. The van der Waals surface area contributed by atoms with E-state index in [0.29, 0.717) is 16.4 Å². The molecule has 0 spiro atoms. The Labute approximate surface area is 228 Å². The first-order valence-corrected chi connectivity index (χ1v) is 13.6. The second kappa shape index (κ2) is 13.3. The van der Waals surface area contributed by atoms with Crippen molar-refractivity contribution < 1.29 is 4.79 Å². The van der Waals surface area contributed by atoms with Crippen molar-refractivity contribution in [3.05, 3.63) is 69.7 Å². The van der Waals surface area contributed by atoms with Crippen LogP contribution < -0.4 is 22.0 Å². The van der Waals surface area contributed by atoms with Gasteiger partial charge in [-0.1, -0.05) is 18.2 Å². The summed E-state index contributed by atoms with van der Waals surface area (Å²) in [5.74, 6) is 4.86. The minimum Gasteiger partial charge on any atom is -0.323 e. The van der Waals surface area contributed by atoms with Gasteiger partial charge in [0.25, 0.3) is 5.91 Å². The minimum atomic E-state index is -0.265. The Bertz CT molecular complexity index is 1300. The summed E-state index contributed by atoms with van der Waals surface area (Å²) in [4.78, 5) is 22.5. The molecule has 0 saturated carbocycles. The third-order valence-corrected chi connectivity index (χ3v) is 7.30. The third kappa shape index (κ3) is 7.26. The maximum atomic E-state index is 13.2. The number of carbonyl (C=O) groups is 1. The number of allylic oxidation sites excluding steroid dienone is 1. The van der Waals surface area contributed by atoms with E-state index in [9.17, 15) is 4.79 Å². The number of thiazole rings is 1. The van der Waals surface area contributed by atoms with E-state index in [0.717, 1.165) is 55.1 Å². The first-order valence-electron chi connectivity index (χ1n) is 12.7. The third-order valence-electron chi connectivity index (χ3n) is 6.49. The van der Waals surface area contributed by atoms with E-state index in [1.165, 1.54) is 29.5 Å². The SMILES string of the molecule is CNNc1cc(NC(=O)c2csc(/C=C/C=N\N)n2)c(-c2cccc(CN3CCCN(C)CC3)c2)cc1C. The lowest BCUT2D eigenvalue weighted by molar-refractivity contribution is 0.102. The van der Waals surface area contributed by atoms with Gasteiger partial charge in [0.1, 0.15) is 10.7 Å². The molecule has 1 aromatic heterocycles. The zero-order chi connectivity index (χ0) is 26.9. The van der Waals surface area contributed by atoms with E-state index in [-0.39, 0.29) is 5.91 Å². The Morgan fingerprint density at radius 1 is 1.18 bits per heavy atom. The molecule has 0 atom stereocenters. The van der Waals surface area contributed by atoms with Crippen molar-refractivity contribution in [3.63, 3.8) is 0 Å². The number of rotatable bonds is 9. The van der Waals surface area contributed by atoms with Crippen LogP contribution in [0, 0.1) is 6.92 Å². The van der Waals surface area contributed by atoms with Gasteiger partial charge in [-0.15, -0.1) is 11.3 Å². The van der Waals surface area contributed by atoms with Gasteiger partial charge >= 0.3 is 0 Å². The number of carbonyl (C=O) groups excluding carboxylic acids is 1. The number of aryl methyl sites for hydroxylation is 1. The normalized spacial score (nSPS) is 15.2. The molecule has 0 bridgehead atoms. The highest BCUT2D eigenvalue weighted by Crippen LogP contribution is 2.34. The first kappa shape index (κ1) is 27.5. The largest absolute Gasteiger partial charge is 0.323 e. The maximum Gasteiger partial charge on any atom is 0.275 e. The smallest absolute Gasteiger partial charge is 0.275 e. The molecule has 4 rings (SSSR count). The molecule has 38 heavy (non-hydrogen) atoms. The Morgan fingerprint density at radius 2 is 2.05 bits per heavy atom. The molecular formula is C28H36N8OS. The van der Waals surface area contributed by atoms with Crippen molar-refractivity contribution in [1.29, 1.82) is 0 Å². The summed E-state index contributed by atoms with van der Waals surface area (Å²) in [5, 5.41) is 8.97. The monoisotopic (exact) mass is 532 g/mol. The van der Waals surface area contributed by atoms with Crippen molar-refractivity contribution in [2.45, 2.75) is 19.9 Å². The Hall–Kier alpha value is -3.57. The summed E-state index contributed by atoms with van der Waals surface area (Å²) >= 11 is 1.38. The van der Waals surface area contributed by atoms with Crippen molar-refractivity contribution in [2.24, 2.45) is 10.9 Å². The second-order valence-corrected chi connectivity index (χ2v) is 10.3. The fourth-order valence-electron chi connectivity index (χ4n) is 4.50. The minimum absolute atomic E-state index is 0.265. The summed E-state index contributed by atoms with van der Waals surface area (Å²) in [6, 6.07) is 12.7. The molecule has 2 aromatic carbocycles. The number of hydrazone groups is 1. The van der Waals surface area contributed by atoms with Gasteiger partial charge in [-0.2, -0.15) is 5.10 Å². The lowest BCUT2D eigenvalue weighted by Gasteiger charge is -2.21. The van der Waals surface area contributed by atoms with Gasteiger partial charge in [-0.05, 0) is 80.5 Å². The molecule has 0 radical (unpaired) electrons. The van der Waals surface area contributed by atoms with Gasteiger partial charge in [-0.3, -0.25) is 9.69 Å². The number of nitrogens with two attached hydrogens (primary N) is 1. The number of likely N-dealkylation sites (N-methyl/N-ethyl adjacent to an activating group) is 1. The molecule has 9 nitrogen and oxygen atoms in total. The first-order chi connectivity index (χ1) is 18.5. The molecule has 1 fully saturated rings. The number of nitrogens with one attached hydrogen (secondary N) is 3. The molecule has 1 amide bonds. The van der Waals surface area contributed by atoms with Crippen molar-refractivity contribution in [3.8, 4) is 11.1 Å². The van der Waals surface area contributed by atoms with Crippen LogP contribution in [0.4, 0.5) is 11.4 Å². The van der Waals surface area contributed by atoms with Crippen LogP contribution in [0.3, 0.4) is 0 Å². The summed E-state index contributed by atoms with van der Waals surface area (Å²) in [6.45, 7) is 7.36. The zero-order valence-corrected chi connectivity index (χ0v) is 23.0. The number of anilines is 2. The molecule has 200 valence electrons. The maximum absolute atomic E-state index is 13.2. The molecule has 2 heterocycles. The van der Waals surface area contributed by atoms with E-state index >= 15 is 0 Å². The van der Waals surface area contributed by atoms with Crippen LogP contribution in [0.2, 0.25) is 0 Å². The van der Waals surface area contributed by atoms with Crippen LogP contribution in [0.5, 0.6) is 0 Å². The van der Waals surface area contributed by atoms with E-state index in [1.807, 2.05) is 13.1 Å². The van der Waals surface area contributed by atoms with Gasteiger partial charge < -0.3 is 21.5 Å². The molecule has 1 saturated heterocycles. The summed E-state index contributed by atoms with van der Waals surface area (Å²) in [6.07, 6.45) is 6.10. The predicted octanol–water partition coefficient (Wildman–Crippen LogP) is 4.01. The van der Waals surface area contributed by atoms with Gasteiger partial charge in [0, 0.05) is 43.8 Å². The standard InChI is InChI=1S/C28H36N8OS/c1-20-15-23(22-8-4-7-21(16-22)18-36-12-6-11-35(3)13-14-36)25(17-24(20)34-30-2)33-28(37)26-19-38-27(32-26)9-5-10-31-29/h4-5,7-10,15-17,19,30,34H,6,11-14,18,29H2,1-3H3,(H,33,37)/b9-5+,31-10-. The zero-order valence-electron chi connectivity index (χ0n) is 22.2. The average Bonchev–Trinajstić information content (AvgIpc) is 3.29. The fraction of sp³-hybridized carbons (Fsp3) is 0.321. The van der Waals surface area contributed by atoms with Crippen LogP contribution in [0.25, 0.3) is 17.2 Å². The highest BCUT2D eigenvalue weighted by Gasteiger charge is 2.17. The molecular weight excluding hydrogens is 496 g/mol. The van der Waals surface area contributed by atoms with Gasteiger partial charge in [0.2, 0.25) is 0 Å². The molecule has 3 aromatic rings. The number of hydrogen-bond donors (Lipinski definition) is 4. The molecule has 1 aliphatic rings. The summed E-state index contributed by atoms with van der Waals surface area (Å²) in [5.41, 5.74) is 12.4. The van der Waals surface area contributed by atoms with Crippen LogP contribution in [-0.2, 0) is 6.54 Å². The lowest BCUT2D eigenvalue weighted by atomic mass is 9.98. The molecule has 5 N–H and O–H groups in total. The lowest BCUT2D eigenvalue weighted by Crippen LogP contribution is -2.28. The van der Waals surface area contributed by atoms with E-state index < -0.39 is 0 Å². The van der Waals surface area contributed by atoms with Gasteiger partial charge in [-0.25, -0.2) is 10.4 Å². The highest BCUT2D eigenvalue weighted by atomic mass is 32.1. The quantitative estimate of drug-likeness (QED) is 0.187. The van der Waals surface area contributed by atoms with Crippen LogP contribution >= 0.6 is 11.3 Å². The highest BCUT2D eigenvalue weighted by molar-refractivity contribution is 7.10. The van der Waals surface area contributed by atoms with Crippen molar-refractivity contribution in [2.75, 3.05) is 51.0 Å². The predicted molar refractivity (Wildman–Crippen MR) is 158 cm³/mol. The number of nitrogens with zero attached hydrogens (tertiary/aromatic N) is 4. The Balaban J connectivity index is 1.61. The molecule has 10 heteroatoms. The van der Waals surface area contributed by atoms with Crippen LogP contribution in [-0.4, -0.2) is 67.2 Å². The van der Waals surface area contributed by atoms with Gasteiger partial charge in [0.15, 0.2) is 0 Å². The number of aromatic nitrogens is 1. The fourth-order valence-corrected chi connectivity index (χ4v) is 5.20. The Morgan fingerprint density at radius 3 is 2.87 bits per heavy atom. The number of hydrazine groups is 1. The second-order valence-electron chi connectivity index (χ2n) is 9.40. The average molecular weight is 533 g/mol. The van der Waals surface area contributed by atoms with Crippen LogP contribution in [0.1, 0.15) is 33.0 Å². The van der Waals surface area contributed by atoms with Crippen LogP contribution in [0.15, 0.2) is 53.0 Å². The Kier molecular flexibility index (Phi) is 9.61. The number of hydrogen-bond acceptors (Lipinski definition) is 9. The molecule has 1 aliphatic heterocycles. The summed E-state index contributed by atoms with van der Waals surface area (Å²) in [7, 11) is 4.00. The van der Waals surface area contributed by atoms with E-state index in [4.69, 9.17) is 5.84 Å². The van der Waals surface area contributed by atoms with E-state index in [1.54, 1.807) is 17.5 Å². The van der Waals surface area contributed by atoms with Gasteiger partial charge in [0.05, 0.1) is 11.4 Å². The molecule has 0 unspecified atom stereocenters.